The molecule has 1 aliphatic rings. The van der Waals surface area contributed by atoms with Crippen LogP contribution in [0.2, 0.25) is 0 Å². The minimum Gasteiger partial charge on any atom is -0.393 e. The van der Waals surface area contributed by atoms with Crippen LogP contribution >= 0.6 is 0 Å². The van der Waals surface area contributed by atoms with Crippen molar-refractivity contribution >= 4 is 5.82 Å². The molecule has 0 spiro atoms. The maximum Gasteiger partial charge on any atom is 0.147 e. The number of piperidine rings is 1. The summed E-state index contributed by atoms with van der Waals surface area (Å²) in [5, 5.41) is 18.5. The van der Waals surface area contributed by atoms with Crippen molar-refractivity contribution < 1.29 is 10.2 Å². The molecule has 5 heteroatoms. The van der Waals surface area contributed by atoms with Crippen LogP contribution in [-0.2, 0) is 6.61 Å². The highest BCUT2D eigenvalue weighted by atomic mass is 16.3. The van der Waals surface area contributed by atoms with E-state index in [0.717, 1.165) is 25.3 Å². The van der Waals surface area contributed by atoms with E-state index in [0.29, 0.717) is 5.69 Å². The van der Waals surface area contributed by atoms with Crippen molar-refractivity contribution in [2.75, 3.05) is 18.0 Å². The summed E-state index contributed by atoms with van der Waals surface area (Å²) in [6.45, 7) is 3.56. The van der Waals surface area contributed by atoms with Gasteiger partial charge in [-0.05, 0) is 12.3 Å². The summed E-state index contributed by atoms with van der Waals surface area (Å²) in [5.41, 5.74) is 0.578. The third-order valence-electron chi connectivity index (χ3n) is 3.04. The first kappa shape index (κ1) is 11.3. The first-order chi connectivity index (χ1) is 7.70. The van der Waals surface area contributed by atoms with Gasteiger partial charge in [-0.2, -0.15) is 0 Å². The van der Waals surface area contributed by atoms with Gasteiger partial charge >= 0.3 is 0 Å². The maximum atomic E-state index is 9.63. The summed E-state index contributed by atoms with van der Waals surface area (Å²) in [5.74, 6) is 1.07. The van der Waals surface area contributed by atoms with Gasteiger partial charge in [-0.25, -0.2) is 4.98 Å². The quantitative estimate of drug-likeness (QED) is 0.748. The van der Waals surface area contributed by atoms with E-state index < -0.39 is 0 Å². The van der Waals surface area contributed by atoms with Crippen LogP contribution in [0.5, 0.6) is 0 Å². The molecule has 5 nitrogen and oxygen atoms in total. The largest absolute Gasteiger partial charge is 0.393 e. The normalized spacial score (nSPS) is 25.8. The molecule has 0 amide bonds. The molecule has 0 aliphatic carbocycles. The van der Waals surface area contributed by atoms with Crippen molar-refractivity contribution in [3.63, 3.8) is 0 Å². The number of aromatic nitrogens is 2. The number of hydrogen-bond acceptors (Lipinski definition) is 5. The fourth-order valence-corrected chi connectivity index (χ4v) is 1.93. The summed E-state index contributed by atoms with van der Waals surface area (Å²) in [7, 11) is 0. The van der Waals surface area contributed by atoms with Crippen LogP contribution in [0.25, 0.3) is 0 Å². The molecular weight excluding hydrogens is 206 g/mol. The first-order valence-electron chi connectivity index (χ1n) is 5.55. The van der Waals surface area contributed by atoms with Crippen LogP contribution in [0, 0.1) is 5.92 Å². The van der Waals surface area contributed by atoms with Gasteiger partial charge in [0.05, 0.1) is 30.8 Å². The Morgan fingerprint density at radius 2 is 2.25 bits per heavy atom. The SMILES string of the molecule is CC1CN(c2cnc(CO)cn2)CCC1O. The lowest BCUT2D eigenvalue weighted by Crippen LogP contribution is -2.42. The van der Waals surface area contributed by atoms with Gasteiger partial charge in [0.1, 0.15) is 5.82 Å². The lowest BCUT2D eigenvalue weighted by Gasteiger charge is -2.34. The summed E-state index contributed by atoms with van der Waals surface area (Å²) < 4.78 is 0. The average Bonchev–Trinajstić information content (AvgIpc) is 2.33. The second kappa shape index (κ2) is 4.76. The number of hydrogen-bond donors (Lipinski definition) is 2. The highest BCUT2D eigenvalue weighted by molar-refractivity contribution is 5.36. The van der Waals surface area contributed by atoms with Gasteiger partial charge in [-0.3, -0.25) is 4.98 Å². The first-order valence-corrected chi connectivity index (χ1v) is 5.55. The number of aliphatic hydroxyl groups is 2. The number of rotatable bonds is 2. The Hall–Kier alpha value is -1.20. The topological polar surface area (TPSA) is 69.5 Å². The highest BCUT2D eigenvalue weighted by Crippen LogP contribution is 2.20. The van der Waals surface area contributed by atoms with Gasteiger partial charge < -0.3 is 15.1 Å². The lowest BCUT2D eigenvalue weighted by molar-refractivity contribution is 0.0968. The predicted molar refractivity (Wildman–Crippen MR) is 60.0 cm³/mol. The minimum absolute atomic E-state index is 0.0810. The molecule has 2 N–H and O–H groups in total. The zero-order chi connectivity index (χ0) is 11.5. The summed E-state index contributed by atoms with van der Waals surface area (Å²) >= 11 is 0. The van der Waals surface area contributed by atoms with E-state index in [2.05, 4.69) is 14.9 Å². The van der Waals surface area contributed by atoms with E-state index in [1.165, 1.54) is 0 Å². The number of nitrogens with zero attached hydrogens (tertiary/aromatic N) is 3. The second-order valence-corrected chi connectivity index (χ2v) is 4.30. The fourth-order valence-electron chi connectivity index (χ4n) is 1.93. The Morgan fingerprint density at radius 1 is 1.44 bits per heavy atom. The molecule has 2 rings (SSSR count). The van der Waals surface area contributed by atoms with Gasteiger partial charge in [0, 0.05) is 13.1 Å². The Morgan fingerprint density at radius 3 is 2.81 bits per heavy atom. The van der Waals surface area contributed by atoms with Gasteiger partial charge in [-0.1, -0.05) is 6.92 Å². The van der Waals surface area contributed by atoms with E-state index in [4.69, 9.17) is 5.11 Å². The molecule has 1 aromatic rings. The summed E-state index contributed by atoms with van der Waals surface area (Å²) in [6, 6.07) is 0. The Balaban J connectivity index is 2.06. The van der Waals surface area contributed by atoms with Gasteiger partial charge in [0.2, 0.25) is 0 Å². The molecule has 0 saturated carbocycles. The molecule has 1 fully saturated rings. The molecule has 2 atom stereocenters. The monoisotopic (exact) mass is 223 g/mol. The van der Waals surface area contributed by atoms with Crippen molar-refractivity contribution in [2.45, 2.75) is 26.1 Å². The molecule has 1 aromatic heterocycles. The van der Waals surface area contributed by atoms with E-state index in [-0.39, 0.29) is 18.6 Å². The Bertz CT molecular complexity index is 342. The van der Waals surface area contributed by atoms with Gasteiger partial charge in [0.25, 0.3) is 0 Å². The smallest absolute Gasteiger partial charge is 0.147 e. The molecule has 0 aromatic carbocycles. The Labute approximate surface area is 94.8 Å². The van der Waals surface area contributed by atoms with E-state index in [9.17, 15) is 5.11 Å². The van der Waals surface area contributed by atoms with Crippen LogP contribution in [0.15, 0.2) is 12.4 Å². The van der Waals surface area contributed by atoms with E-state index in [1.54, 1.807) is 12.4 Å². The van der Waals surface area contributed by atoms with Crippen molar-refractivity contribution in [3.8, 4) is 0 Å². The van der Waals surface area contributed by atoms with Crippen molar-refractivity contribution in [2.24, 2.45) is 5.92 Å². The van der Waals surface area contributed by atoms with Crippen LogP contribution in [0.4, 0.5) is 5.82 Å². The zero-order valence-electron chi connectivity index (χ0n) is 9.37. The van der Waals surface area contributed by atoms with Gasteiger partial charge in [0.15, 0.2) is 0 Å². The predicted octanol–water partition coefficient (Wildman–Crippen LogP) is 0.176. The van der Waals surface area contributed by atoms with Crippen LogP contribution in [-0.4, -0.2) is 39.4 Å². The third kappa shape index (κ3) is 2.31. The van der Waals surface area contributed by atoms with E-state index >= 15 is 0 Å². The van der Waals surface area contributed by atoms with Gasteiger partial charge in [-0.15, -0.1) is 0 Å². The van der Waals surface area contributed by atoms with Crippen molar-refractivity contribution in [1.82, 2.24) is 9.97 Å². The van der Waals surface area contributed by atoms with Crippen LogP contribution < -0.4 is 4.90 Å². The molecule has 2 heterocycles. The number of aliphatic hydroxyl groups excluding tert-OH is 2. The standard InChI is InChI=1S/C11H17N3O2/c1-8-6-14(3-2-10(8)16)11-5-12-9(7-15)4-13-11/h4-5,8,10,15-16H,2-3,6-7H2,1H3. The number of anilines is 1. The third-order valence-corrected chi connectivity index (χ3v) is 3.04. The molecular formula is C11H17N3O2. The molecule has 0 bridgehead atoms. The zero-order valence-corrected chi connectivity index (χ0v) is 9.37. The Kier molecular flexibility index (Phi) is 3.36. The van der Waals surface area contributed by atoms with E-state index in [1.807, 2.05) is 6.92 Å². The molecule has 2 unspecified atom stereocenters. The molecule has 88 valence electrons. The maximum absolute atomic E-state index is 9.63. The molecule has 0 radical (unpaired) electrons. The van der Waals surface area contributed by atoms with Crippen molar-refractivity contribution in [1.29, 1.82) is 0 Å². The summed E-state index contributed by atoms with van der Waals surface area (Å²) in [4.78, 5) is 10.5. The highest BCUT2D eigenvalue weighted by Gasteiger charge is 2.24. The average molecular weight is 223 g/mol. The van der Waals surface area contributed by atoms with Crippen LogP contribution in [0.1, 0.15) is 19.0 Å². The second-order valence-electron chi connectivity index (χ2n) is 4.30. The van der Waals surface area contributed by atoms with Crippen molar-refractivity contribution in [3.05, 3.63) is 18.1 Å². The lowest BCUT2D eigenvalue weighted by atomic mass is 9.97. The molecule has 16 heavy (non-hydrogen) atoms. The molecule has 1 aliphatic heterocycles. The fraction of sp³-hybridized carbons (Fsp3) is 0.636. The van der Waals surface area contributed by atoms with Crippen LogP contribution in [0.3, 0.4) is 0 Å². The summed E-state index contributed by atoms with van der Waals surface area (Å²) in [6.07, 6.45) is 3.83. The minimum atomic E-state index is -0.207. The molecule has 1 saturated heterocycles.